The summed E-state index contributed by atoms with van der Waals surface area (Å²) in [5, 5.41) is 0. The number of halogens is 1. The normalized spacial score (nSPS) is 25.9. The van der Waals surface area contributed by atoms with Crippen LogP contribution >= 0.6 is 15.9 Å². The minimum atomic E-state index is -0.147. The lowest BCUT2D eigenvalue weighted by Gasteiger charge is -2.12. The van der Waals surface area contributed by atoms with E-state index in [1.54, 1.807) is 6.08 Å². The molecule has 2 nitrogen and oxygen atoms in total. The Balaban J connectivity index is 2.93. The van der Waals surface area contributed by atoms with Gasteiger partial charge in [0.25, 0.3) is 5.91 Å². The summed E-state index contributed by atoms with van der Waals surface area (Å²) in [4.78, 5) is 14.7. The van der Waals surface area contributed by atoms with Crippen LogP contribution in [-0.4, -0.2) is 16.4 Å². The molecule has 0 aromatic carbocycles. The summed E-state index contributed by atoms with van der Waals surface area (Å²) >= 11 is 3.40. The number of alkyl halides is 1. The molecule has 0 fully saturated rings. The maximum absolute atomic E-state index is 10.7. The predicted octanol–water partition coefficient (Wildman–Crippen LogP) is 1.70. The second kappa shape index (κ2) is 2.66. The van der Waals surface area contributed by atoms with Crippen molar-refractivity contribution >= 4 is 27.5 Å². The van der Waals surface area contributed by atoms with Gasteiger partial charge in [-0.15, -0.1) is 0 Å². The Morgan fingerprint density at radius 2 is 2.20 bits per heavy atom. The molecule has 0 aromatic heterocycles. The minimum Gasteiger partial charge on any atom is -0.267 e. The number of carbonyl (C=O) groups is 1. The van der Waals surface area contributed by atoms with Crippen molar-refractivity contribution in [2.75, 3.05) is 0 Å². The van der Waals surface area contributed by atoms with Crippen LogP contribution in [0.5, 0.6) is 0 Å². The maximum atomic E-state index is 10.7. The monoisotopic (exact) mass is 201 g/mol. The van der Waals surface area contributed by atoms with Crippen LogP contribution in [0.25, 0.3) is 0 Å². The van der Waals surface area contributed by atoms with Gasteiger partial charge in [0.05, 0.1) is 4.83 Å². The fraction of sp³-hybridized carbons (Fsp3) is 0.429. The van der Waals surface area contributed by atoms with Crippen molar-refractivity contribution in [3.05, 3.63) is 11.6 Å². The molecule has 1 atom stereocenters. The van der Waals surface area contributed by atoms with Gasteiger partial charge < -0.3 is 0 Å². The quantitative estimate of drug-likeness (QED) is 0.549. The lowest BCUT2D eigenvalue weighted by molar-refractivity contribution is -0.113. The molecule has 54 valence electrons. The highest BCUT2D eigenvalue weighted by atomic mass is 79.9. The Morgan fingerprint density at radius 3 is 2.70 bits per heavy atom. The van der Waals surface area contributed by atoms with Crippen LogP contribution in [0.4, 0.5) is 0 Å². The zero-order chi connectivity index (χ0) is 7.72. The average molecular weight is 202 g/mol. The fourth-order valence-electron chi connectivity index (χ4n) is 0.860. The topological polar surface area (TPSA) is 29.4 Å². The highest BCUT2D eigenvalue weighted by Gasteiger charge is 2.16. The molecule has 3 heteroatoms. The lowest BCUT2D eigenvalue weighted by atomic mass is 10.1. The largest absolute Gasteiger partial charge is 0.269 e. The van der Waals surface area contributed by atoms with Gasteiger partial charge in [-0.1, -0.05) is 15.9 Å². The third-order valence-electron chi connectivity index (χ3n) is 1.40. The van der Waals surface area contributed by atoms with Crippen LogP contribution in [0.15, 0.2) is 16.6 Å². The van der Waals surface area contributed by atoms with Crippen molar-refractivity contribution in [1.29, 1.82) is 0 Å². The number of nitrogens with zero attached hydrogens (tertiary/aromatic N) is 1. The SMILES string of the molecule is CC1=CC(=O)N=C(C)C1Br. The van der Waals surface area contributed by atoms with Crippen LogP contribution in [-0.2, 0) is 4.79 Å². The molecule has 0 N–H and O–H groups in total. The Bertz CT molecular complexity index is 208. The van der Waals surface area contributed by atoms with E-state index in [1.165, 1.54) is 0 Å². The van der Waals surface area contributed by atoms with E-state index in [0.29, 0.717) is 0 Å². The first-order valence-electron chi connectivity index (χ1n) is 3.02. The number of rotatable bonds is 0. The summed E-state index contributed by atoms with van der Waals surface area (Å²) < 4.78 is 0. The summed E-state index contributed by atoms with van der Waals surface area (Å²) in [6.07, 6.45) is 1.55. The molecule has 1 aliphatic heterocycles. The van der Waals surface area contributed by atoms with Crippen LogP contribution in [0.2, 0.25) is 0 Å². The summed E-state index contributed by atoms with van der Waals surface area (Å²) in [6.45, 7) is 3.75. The van der Waals surface area contributed by atoms with E-state index in [9.17, 15) is 4.79 Å². The summed E-state index contributed by atoms with van der Waals surface area (Å²) in [6, 6.07) is 0. The average Bonchev–Trinajstić information content (AvgIpc) is 1.82. The number of hydrogen-bond acceptors (Lipinski definition) is 1. The number of dihydropyridines is 1. The van der Waals surface area contributed by atoms with Gasteiger partial charge in [0.1, 0.15) is 0 Å². The standard InChI is InChI=1S/C7H8BrNO/c1-4-3-6(10)9-5(2)7(4)8/h3,7H,1-2H3. The number of aliphatic imine (C=N–C) groups is 1. The maximum Gasteiger partial charge on any atom is 0.269 e. The van der Waals surface area contributed by atoms with Gasteiger partial charge in [-0.25, -0.2) is 4.99 Å². The second-order valence-corrected chi connectivity index (χ2v) is 3.26. The number of amides is 1. The van der Waals surface area contributed by atoms with E-state index in [4.69, 9.17) is 0 Å². The second-order valence-electron chi connectivity index (χ2n) is 2.34. The first kappa shape index (κ1) is 7.66. The minimum absolute atomic E-state index is 0.147. The molecule has 0 bridgehead atoms. The molecule has 0 radical (unpaired) electrons. The van der Waals surface area contributed by atoms with Crippen molar-refractivity contribution in [2.24, 2.45) is 4.99 Å². The van der Waals surface area contributed by atoms with E-state index in [0.717, 1.165) is 11.3 Å². The van der Waals surface area contributed by atoms with Gasteiger partial charge in [-0.2, -0.15) is 0 Å². The van der Waals surface area contributed by atoms with E-state index < -0.39 is 0 Å². The zero-order valence-corrected chi connectivity index (χ0v) is 7.47. The van der Waals surface area contributed by atoms with Crippen LogP contribution < -0.4 is 0 Å². The van der Waals surface area contributed by atoms with Gasteiger partial charge in [0.2, 0.25) is 0 Å². The molecule has 10 heavy (non-hydrogen) atoms. The van der Waals surface area contributed by atoms with E-state index >= 15 is 0 Å². The molecule has 1 unspecified atom stereocenters. The van der Waals surface area contributed by atoms with Crippen LogP contribution in [0.1, 0.15) is 13.8 Å². The third-order valence-corrected chi connectivity index (χ3v) is 2.79. The Labute approximate surface area is 68.2 Å². The fourth-order valence-corrected chi connectivity index (χ4v) is 1.09. The molecule has 1 rings (SSSR count). The molecular formula is C7H8BrNO. The van der Waals surface area contributed by atoms with Gasteiger partial charge >= 0.3 is 0 Å². The number of hydrogen-bond donors (Lipinski definition) is 0. The van der Waals surface area contributed by atoms with Crippen molar-refractivity contribution in [2.45, 2.75) is 18.7 Å². The molecule has 1 amide bonds. The molecule has 0 aromatic rings. The van der Waals surface area contributed by atoms with Crippen molar-refractivity contribution in [3.63, 3.8) is 0 Å². The number of allylic oxidation sites excluding steroid dienone is 1. The molecule has 0 saturated carbocycles. The van der Waals surface area contributed by atoms with Crippen molar-refractivity contribution in [3.8, 4) is 0 Å². The first-order chi connectivity index (χ1) is 4.61. The molecule has 1 aliphatic rings. The van der Waals surface area contributed by atoms with Gasteiger partial charge in [-0.3, -0.25) is 4.79 Å². The van der Waals surface area contributed by atoms with Gasteiger partial charge in [0, 0.05) is 11.8 Å². The highest BCUT2D eigenvalue weighted by Crippen LogP contribution is 2.17. The summed E-state index contributed by atoms with van der Waals surface area (Å²) in [7, 11) is 0. The van der Waals surface area contributed by atoms with Crippen molar-refractivity contribution < 1.29 is 4.79 Å². The Hall–Kier alpha value is -0.440. The predicted molar refractivity (Wildman–Crippen MR) is 44.6 cm³/mol. The lowest BCUT2D eigenvalue weighted by Crippen LogP contribution is -2.18. The van der Waals surface area contributed by atoms with Gasteiger partial charge in [-0.05, 0) is 19.4 Å². The molecule has 0 aliphatic carbocycles. The number of carbonyl (C=O) groups excluding carboxylic acids is 1. The summed E-state index contributed by atoms with van der Waals surface area (Å²) in [5.74, 6) is -0.147. The zero-order valence-electron chi connectivity index (χ0n) is 5.89. The Morgan fingerprint density at radius 1 is 1.60 bits per heavy atom. The highest BCUT2D eigenvalue weighted by molar-refractivity contribution is 9.10. The van der Waals surface area contributed by atoms with Crippen LogP contribution in [0.3, 0.4) is 0 Å². The molecular weight excluding hydrogens is 194 g/mol. The Kier molecular flexibility index (Phi) is 2.04. The molecule has 0 saturated heterocycles. The smallest absolute Gasteiger partial charge is 0.267 e. The summed E-state index contributed by atoms with van der Waals surface area (Å²) in [5.41, 5.74) is 1.86. The molecule has 0 spiro atoms. The van der Waals surface area contributed by atoms with Crippen molar-refractivity contribution in [1.82, 2.24) is 0 Å². The van der Waals surface area contributed by atoms with E-state index in [2.05, 4.69) is 20.9 Å². The van der Waals surface area contributed by atoms with Gasteiger partial charge in [0.15, 0.2) is 0 Å². The van der Waals surface area contributed by atoms with Crippen LogP contribution in [0, 0.1) is 0 Å². The van der Waals surface area contributed by atoms with E-state index in [-0.39, 0.29) is 10.7 Å². The molecule has 1 heterocycles. The third kappa shape index (κ3) is 1.34. The van der Waals surface area contributed by atoms with E-state index in [1.807, 2.05) is 13.8 Å². The first-order valence-corrected chi connectivity index (χ1v) is 3.94.